The van der Waals surface area contributed by atoms with E-state index in [0.717, 1.165) is 6.42 Å². The van der Waals surface area contributed by atoms with Crippen molar-refractivity contribution in [2.24, 2.45) is 5.92 Å². The second-order valence-corrected chi connectivity index (χ2v) is 5.14. The van der Waals surface area contributed by atoms with Crippen LogP contribution in [0.5, 0.6) is 0 Å². The molecule has 0 aromatic carbocycles. The third-order valence-electron chi connectivity index (χ3n) is 3.10. The van der Waals surface area contributed by atoms with Gasteiger partial charge in [0.05, 0.1) is 5.69 Å². The van der Waals surface area contributed by atoms with E-state index in [-0.39, 0.29) is 11.6 Å². The SMILES string of the molecule is CCc1c(C(=O)O)nnn1C(C)C(=O)NCCC(C)C. The van der Waals surface area contributed by atoms with Crippen LogP contribution in [0.4, 0.5) is 0 Å². The number of nitrogens with zero attached hydrogens (tertiary/aromatic N) is 3. The number of carbonyl (C=O) groups is 2. The van der Waals surface area contributed by atoms with Gasteiger partial charge in [-0.15, -0.1) is 5.10 Å². The Morgan fingerprint density at radius 2 is 2.00 bits per heavy atom. The van der Waals surface area contributed by atoms with Gasteiger partial charge in [0.15, 0.2) is 5.69 Å². The van der Waals surface area contributed by atoms with Crippen molar-refractivity contribution in [3.8, 4) is 0 Å². The average Bonchev–Trinajstić information content (AvgIpc) is 2.80. The van der Waals surface area contributed by atoms with Crippen LogP contribution in [-0.4, -0.2) is 38.5 Å². The van der Waals surface area contributed by atoms with Gasteiger partial charge in [0.2, 0.25) is 5.91 Å². The van der Waals surface area contributed by atoms with Crippen LogP contribution in [0.2, 0.25) is 0 Å². The van der Waals surface area contributed by atoms with Gasteiger partial charge in [-0.25, -0.2) is 9.48 Å². The number of hydrogen-bond acceptors (Lipinski definition) is 4. The van der Waals surface area contributed by atoms with Gasteiger partial charge in [0.25, 0.3) is 0 Å². The molecule has 0 bridgehead atoms. The number of carboxylic acids is 1. The highest BCUT2D eigenvalue weighted by Crippen LogP contribution is 2.13. The zero-order chi connectivity index (χ0) is 15.3. The molecule has 2 N–H and O–H groups in total. The molecule has 7 heteroatoms. The number of rotatable bonds is 7. The molecule has 0 aliphatic carbocycles. The van der Waals surface area contributed by atoms with Gasteiger partial charge in [-0.1, -0.05) is 26.0 Å². The predicted molar refractivity (Wildman–Crippen MR) is 73.5 cm³/mol. The van der Waals surface area contributed by atoms with Gasteiger partial charge >= 0.3 is 5.97 Å². The molecule has 1 aromatic rings. The van der Waals surface area contributed by atoms with E-state index in [1.807, 2.05) is 6.92 Å². The van der Waals surface area contributed by atoms with Gasteiger partial charge in [0.1, 0.15) is 6.04 Å². The Hall–Kier alpha value is -1.92. The summed E-state index contributed by atoms with van der Waals surface area (Å²) in [4.78, 5) is 23.0. The topological polar surface area (TPSA) is 97.1 Å². The molecule has 1 aromatic heterocycles. The number of nitrogens with one attached hydrogen (secondary N) is 1. The first-order chi connectivity index (χ1) is 9.38. The number of carboxylic acid groups (broad SMARTS) is 1. The lowest BCUT2D eigenvalue weighted by Gasteiger charge is -2.15. The standard InChI is InChI=1S/C13H22N4O3/c1-5-10-11(13(19)20)15-16-17(10)9(4)12(18)14-7-6-8(2)3/h8-9H,5-7H2,1-4H3,(H,14,18)(H,19,20). The van der Waals surface area contributed by atoms with Gasteiger partial charge in [-0.3, -0.25) is 4.79 Å². The van der Waals surface area contributed by atoms with E-state index < -0.39 is 12.0 Å². The summed E-state index contributed by atoms with van der Waals surface area (Å²) in [5, 5.41) is 19.3. The maximum Gasteiger partial charge on any atom is 0.358 e. The molecule has 1 atom stereocenters. The van der Waals surface area contributed by atoms with Crippen molar-refractivity contribution in [3.63, 3.8) is 0 Å². The van der Waals surface area contributed by atoms with E-state index >= 15 is 0 Å². The fraction of sp³-hybridized carbons (Fsp3) is 0.692. The average molecular weight is 282 g/mol. The highest BCUT2D eigenvalue weighted by atomic mass is 16.4. The molecule has 1 amide bonds. The number of carbonyl (C=O) groups excluding carboxylic acids is 1. The Balaban J connectivity index is 2.78. The van der Waals surface area contributed by atoms with E-state index in [2.05, 4.69) is 29.5 Å². The van der Waals surface area contributed by atoms with Gasteiger partial charge in [0, 0.05) is 6.54 Å². The van der Waals surface area contributed by atoms with Crippen LogP contribution < -0.4 is 5.32 Å². The quantitative estimate of drug-likeness (QED) is 0.784. The molecule has 7 nitrogen and oxygen atoms in total. The van der Waals surface area contributed by atoms with E-state index in [1.165, 1.54) is 4.68 Å². The maximum absolute atomic E-state index is 12.0. The normalized spacial score (nSPS) is 12.4. The first-order valence-electron chi connectivity index (χ1n) is 6.83. The summed E-state index contributed by atoms with van der Waals surface area (Å²) in [6.07, 6.45) is 1.36. The number of hydrogen-bond donors (Lipinski definition) is 2. The highest BCUT2D eigenvalue weighted by molar-refractivity contribution is 5.87. The molecule has 112 valence electrons. The fourth-order valence-corrected chi connectivity index (χ4v) is 1.86. The second-order valence-electron chi connectivity index (χ2n) is 5.14. The third kappa shape index (κ3) is 3.79. The van der Waals surface area contributed by atoms with E-state index in [0.29, 0.717) is 24.6 Å². The van der Waals surface area contributed by atoms with Crippen molar-refractivity contribution in [1.29, 1.82) is 0 Å². The van der Waals surface area contributed by atoms with Crippen molar-refractivity contribution in [1.82, 2.24) is 20.3 Å². The molecule has 0 aliphatic heterocycles. The lowest BCUT2D eigenvalue weighted by atomic mass is 10.1. The van der Waals surface area contributed by atoms with Gasteiger partial charge in [-0.05, 0) is 25.7 Å². The van der Waals surface area contributed by atoms with Crippen molar-refractivity contribution in [2.75, 3.05) is 6.54 Å². The van der Waals surface area contributed by atoms with Crippen molar-refractivity contribution < 1.29 is 14.7 Å². The van der Waals surface area contributed by atoms with Crippen LogP contribution in [0.25, 0.3) is 0 Å². The molecule has 0 saturated carbocycles. The number of amides is 1. The third-order valence-corrected chi connectivity index (χ3v) is 3.10. The molecular weight excluding hydrogens is 260 g/mol. The smallest absolute Gasteiger partial charge is 0.358 e. The van der Waals surface area contributed by atoms with Crippen molar-refractivity contribution in [2.45, 2.75) is 46.6 Å². The lowest BCUT2D eigenvalue weighted by molar-refractivity contribution is -0.124. The number of aromatic nitrogens is 3. The number of aromatic carboxylic acids is 1. The molecular formula is C13H22N4O3. The monoisotopic (exact) mass is 282 g/mol. The molecule has 20 heavy (non-hydrogen) atoms. The van der Waals surface area contributed by atoms with Gasteiger partial charge in [-0.2, -0.15) is 0 Å². The van der Waals surface area contributed by atoms with E-state index in [9.17, 15) is 9.59 Å². The zero-order valence-electron chi connectivity index (χ0n) is 12.4. The van der Waals surface area contributed by atoms with Crippen molar-refractivity contribution in [3.05, 3.63) is 11.4 Å². The van der Waals surface area contributed by atoms with Crippen LogP contribution in [-0.2, 0) is 11.2 Å². The molecule has 0 aliphatic rings. The summed E-state index contributed by atoms with van der Waals surface area (Å²) >= 11 is 0. The largest absolute Gasteiger partial charge is 0.476 e. The molecule has 0 fully saturated rings. The lowest BCUT2D eigenvalue weighted by Crippen LogP contribution is -2.33. The summed E-state index contributed by atoms with van der Waals surface area (Å²) in [7, 11) is 0. The molecule has 0 spiro atoms. The Kier molecular flexibility index (Phi) is 5.66. The van der Waals surface area contributed by atoms with Crippen LogP contribution in [0, 0.1) is 5.92 Å². The Bertz CT molecular complexity index is 482. The van der Waals surface area contributed by atoms with Crippen LogP contribution in [0.15, 0.2) is 0 Å². The fourth-order valence-electron chi connectivity index (χ4n) is 1.86. The molecule has 1 rings (SSSR count). The Labute approximate surface area is 118 Å². The van der Waals surface area contributed by atoms with Crippen LogP contribution >= 0.6 is 0 Å². The first kappa shape index (κ1) is 16.1. The summed E-state index contributed by atoms with van der Waals surface area (Å²) in [5.74, 6) is -0.788. The summed E-state index contributed by atoms with van der Waals surface area (Å²) in [5.41, 5.74) is 0.373. The van der Waals surface area contributed by atoms with Crippen molar-refractivity contribution >= 4 is 11.9 Å². The van der Waals surface area contributed by atoms with E-state index in [4.69, 9.17) is 5.11 Å². The molecule has 1 unspecified atom stereocenters. The molecule has 0 radical (unpaired) electrons. The first-order valence-corrected chi connectivity index (χ1v) is 6.83. The molecule has 1 heterocycles. The minimum atomic E-state index is -1.12. The minimum Gasteiger partial charge on any atom is -0.476 e. The summed E-state index contributed by atoms with van der Waals surface area (Å²) in [6.45, 7) is 8.26. The predicted octanol–water partition coefficient (Wildman–Crippen LogP) is 1.26. The maximum atomic E-state index is 12.0. The minimum absolute atomic E-state index is 0.0886. The molecule has 0 saturated heterocycles. The zero-order valence-corrected chi connectivity index (χ0v) is 12.4. The van der Waals surface area contributed by atoms with Gasteiger partial charge < -0.3 is 10.4 Å². The van der Waals surface area contributed by atoms with Crippen LogP contribution in [0.3, 0.4) is 0 Å². The Morgan fingerprint density at radius 3 is 2.50 bits per heavy atom. The summed E-state index contributed by atoms with van der Waals surface area (Å²) in [6, 6.07) is -0.572. The summed E-state index contributed by atoms with van der Waals surface area (Å²) < 4.78 is 1.38. The Morgan fingerprint density at radius 1 is 1.35 bits per heavy atom. The highest BCUT2D eigenvalue weighted by Gasteiger charge is 2.24. The van der Waals surface area contributed by atoms with E-state index in [1.54, 1.807) is 6.92 Å². The second kappa shape index (κ2) is 7.02. The van der Waals surface area contributed by atoms with Crippen LogP contribution in [0.1, 0.15) is 56.3 Å².